The van der Waals surface area contributed by atoms with Crippen molar-refractivity contribution in [1.29, 1.82) is 0 Å². The van der Waals surface area contributed by atoms with E-state index in [1.165, 1.54) is 12.0 Å². The van der Waals surface area contributed by atoms with E-state index in [4.69, 9.17) is 4.42 Å². The summed E-state index contributed by atoms with van der Waals surface area (Å²) in [4.78, 5) is 11.1. The molecule has 0 radical (unpaired) electrons. The molecule has 0 saturated carbocycles. The van der Waals surface area contributed by atoms with E-state index in [-0.39, 0.29) is 0 Å². The van der Waals surface area contributed by atoms with Crippen LogP contribution in [0.4, 0.5) is 0 Å². The second-order valence-electron chi connectivity index (χ2n) is 5.88. The molecule has 0 amide bonds. The van der Waals surface area contributed by atoms with Gasteiger partial charge in [-0.1, -0.05) is 30.3 Å². The first-order valence-electron chi connectivity index (χ1n) is 7.48. The molecule has 1 aromatic carbocycles. The average Bonchev–Trinajstić information content (AvgIpc) is 3.13. The number of carbonyl (C=O) groups is 1. The van der Waals surface area contributed by atoms with Crippen molar-refractivity contribution in [3.8, 4) is 11.3 Å². The fourth-order valence-corrected chi connectivity index (χ4v) is 3.59. The molecule has 1 aromatic heterocycles. The maximum atomic E-state index is 11.1. The van der Waals surface area contributed by atoms with E-state index in [1.54, 1.807) is 0 Å². The van der Waals surface area contributed by atoms with E-state index in [0.29, 0.717) is 17.6 Å². The van der Waals surface area contributed by atoms with E-state index in [9.17, 15) is 4.79 Å². The van der Waals surface area contributed by atoms with Crippen molar-refractivity contribution in [2.75, 3.05) is 19.6 Å². The highest BCUT2D eigenvalue weighted by molar-refractivity contribution is 5.75. The summed E-state index contributed by atoms with van der Waals surface area (Å²) in [6, 6.07) is 12.0. The number of hydrazine groups is 1. The molecule has 2 bridgehead atoms. The summed E-state index contributed by atoms with van der Waals surface area (Å²) in [5.41, 5.74) is 5.68. The van der Waals surface area contributed by atoms with Gasteiger partial charge < -0.3 is 4.42 Å². The molecule has 2 saturated heterocycles. The highest BCUT2D eigenvalue weighted by Gasteiger charge is 2.37. The van der Waals surface area contributed by atoms with Gasteiger partial charge in [-0.05, 0) is 18.4 Å². The topological polar surface area (TPSA) is 45.5 Å². The Kier molecular flexibility index (Phi) is 3.13. The minimum absolute atomic E-state index is 0.413. The van der Waals surface area contributed by atoms with E-state index in [1.807, 2.05) is 36.4 Å². The first-order valence-corrected chi connectivity index (χ1v) is 7.48. The number of aldehydes is 1. The minimum atomic E-state index is 0.413. The van der Waals surface area contributed by atoms with Crippen LogP contribution in [0.25, 0.3) is 11.3 Å². The first-order chi connectivity index (χ1) is 10.3. The third kappa shape index (κ3) is 2.20. The molecule has 2 aliphatic heterocycles. The molecule has 21 heavy (non-hydrogen) atoms. The van der Waals surface area contributed by atoms with Crippen LogP contribution in [0.1, 0.15) is 28.5 Å². The average molecular weight is 282 g/mol. The number of nitrogens with zero attached hydrogens (tertiary/aromatic N) is 1. The molecule has 3 atom stereocenters. The summed E-state index contributed by atoms with van der Waals surface area (Å²) in [7, 11) is 0. The van der Waals surface area contributed by atoms with Crippen molar-refractivity contribution in [2.24, 2.45) is 5.92 Å². The maximum Gasteiger partial charge on any atom is 0.185 e. The number of hydrogen-bond donors (Lipinski definition) is 1. The molecular weight excluding hydrogens is 264 g/mol. The SMILES string of the molecule is O=Cc1cc(C2CNN3CCC2C3)c(-c2ccccc2)o1. The van der Waals surface area contributed by atoms with Gasteiger partial charge in [-0.25, -0.2) is 5.01 Å². The maximum absolute atomic E-state index is 11.1. The Morgan fingerprint density at radius 2 is 2.14 bits per heavy atom. The number of nitrogens with one attached hydrogen (secondary N) is 1. The van der Waals surface area contributed by atoms with Crippen LogP contribution in [-0.2, 0) is 0 Å². The smallest absolute Gasteiger partial charge is 0.185 e. The fourth-order valence-electron chi connectivity index (χ4n) is 3.59. The standard InChI is InChI=1S/C17H18N2O2/c20-11-14-8-15(16-9-18-19-7-6-13(16)10-19)17(21-14)12-4-2-1-3-5-12/h1-5,8,11,13,16,18H,6-7,9-10H2. The van der Waals surface area contributed by atoms with E-state index in [2.05, 4.69) is 10.4 Å². The predicted octanol–water partition coefficient (Wildman–Crippen LogP) is 2.68. The van der Waals surface area contributed by atoms with Crippen LogP contribution >= 0.6 is 0 Å². The Balaban J connectivity index is 1.77. The van der Waals surface area contributed by atoms with Gasteiger partial charge in [0.05, 0.1) is 0 Å². The lowest BCUT2D eigenvalue weighted by atomic mass is 9.84. The number of benzene rings is 1. The summed E-state index contributed by atoms with van der Waals surface area (Å²) in [6.07, 6.45) is 2.00. The second kappa shape index (κ2) is 5.13. The van der Waals surface area contributed by atoms with Gasteiger partial charge in [0.15, 0.2) is 12.0 Å². The first kappa shape index (κ1) is 12.8. The molecule has 2 aromatic rings. The van der Waals surface area contributed by atoms with Gasteiger partial charge in [0.1, 0.15) is 5.76 Å². The lowest BCUT2D eigenvalue weighted by Gasteiger charge is -2.31. The Labute approximate surface area is 123 Å². The number of furan rings is 1. The zero-order chi connectivity index (χ0) is 14.2. The molecule has 0 spiro atoms. The van der Waals surface area contributed by atoms with Crippen LogP contribution in [0.15, 0.2) is 40.8 Å². The largest absolute Gasteiger partial charge is 0.453 e. The molecule has 4 rings (SSSR count). The second-order valence-corrected chi connectivity index (χ2v) is 5.88. The van der Waals surface area contributed by atoms with E-state index < -0.39 is 0 Å². The quantitative estimate of drug-likeness (QED) is 0.879. The Morgan fingerprint density at radius 3 is 2.95 bits per heavy atom. The summed E-state index contributed by atoms with van der Waals surface area (Å²) in [5.74, 6) is 2.33. The van der Waals surface area contributed by atoms with Crippen LogP contribution in [0.5, 0.6) is 0 Å². The van der Waals surface area contributed by atoms with Gasteiger partial charge in [0.25, 0.3) is 0 Å². The van der Waals surface area contributed by atoms with Gasteiger partial charge in [-0.15, -0.1) is 0 Å². The monoisotopic (exact) mass is 282 g/mol. The van der Waals surface area contributed by atoms with E-state index >= 15 is 0 Å². The molecular formula is C17H18N2O2. The number of carbonyl (C=O) groups excluding carboxylic acids is 1. The number of fused-ring (bicyclic) bond motifs is 2. The minimum Gasteiger partial charge on any atom is -0.453 e. The van der Waals surface area contributed by atoms with E-state index in [0.717, 1.165) is 37.2 Å². The molecule has 2 aliphatic rings. The molecule has 2 fully saturated rings. The molecule has 4 nitrogen and oxygen atoms in total. The zero-order valence-electron chi connectivity index (χ0n) is 11.8. The Morgan fingerprint density at radius 1 is 1.29 bits per heavy atom. The molecule has 108 valence electrons. The van der Waals surface area contributed by atoms with Crippen molar-refractivity contribution >= 4 is 6.29 Å². The molecule has 3 heterocycles. The van der Waals surface area contributed by atoms with Crippen molar-refractivity contribution in [1.82, 2.24) is 10.4 Å². The van der Waals surface area contributed by atoms with Crippen LogP contribution in [0, 0.1) is 5.92 Å². The Hall–Kier alpha value is -1.91. The summed E-state index contributed by atoms with van der Waals surface area (Å²) in [5, 5.41) is 2.30. The molecule has 4 heteroatoms. The van der Waals surface area contributed by atoms with Gasteiger partial charge in [0, 0.05) is 36.7 Å². The normalized spacial score (nSPS) is 27.7. The molecule has 3 unspecified atom stereocenters. The molecule has 1 N–H and O–H groups in total. The third-order valence-corrected chi connectivity index (χ3v) is 4.66. The summed E-state index contributed by atoms with van der Waals surface area (Å²) < 4.78 is 5.80. The van der Waals surface area contributed by atoms with Gasteiger partial charge >= 0.3 is 0 Å². The van der Waals surface area contributed by atoms with Gasteiger partial charge in [0.2, 0.25) is 0 Å². The van der Waals surface area contributed by atoms with Gasteiger partial charge in [-0.2, -0.15) is 0 Å². The van der Waals surface area contributed by atoms with Crippen LogP contribution < -0.4 is 5.43 Å². The Bertz CT molecular complexity index is 650. The highest BCUT2D eigenvalue weighted by Crippen LogP contribution is 2.40. The lowest BCUT2D eigenvalue weighted by molar-refractivity contribution is 0.110. The van der Waals surface area contributed by atoms with Crippen molar-refractivity contribution in [3.63, 3.8) is 0 Å². The zero-order valence-corrected chi connectivity index (χ0v) is 11.8. The molecule has 0 aliphatic carbocycles. The van der Waals surface area contributed by atoms with Crippen molar-refractivity contribution in [2.45, 2.75) is 12.3 Å². The van der Waals surface area contributed by atoms with Gasteiger partial charge in [-0.3, -0.25) is 10.2 Å². The van der Waals surface area contributed by atoms with Crippen LogP contribution in [0.2, 0.25) is 0 Å². The highest BCUT2D eigenvalue weighted by atomic mass is 16.3. The lowest BCUT2D eigenvalue weighted by Crippen LogP contribution is -2.44. The predicted molar refractivity (Wildman–Crippen MR) is 80.0 cm³/mol. The van der Waals surface area contributed by atoms with Crippen molar-refractivity contribution < 1.29 is 9.21 Å². The third-order valence-electron chi connectivity index (χ3n) is 4.66. The number of hydrogen-bond acceptors (Lipinski definition) is 4. The summed E-state index contributed by atoms with van der Waals surface area (Å²) in [6.45, 7) is 3.11. The van der Waals surface area contributed by atoms with Crippen molar-refractivity contribution in [3.05, 3.63) is 47.7 Å². The van der Waals surface area contributed by atoms with Crippen LogP contribution in [0.3, 0.4) is 0 Å². The number of rotatable bonds is 3. The fraction of sp³-hybridized carbons (Fsp3) is 0.353. The summed E-state index contributed by atoms with van der Waals surface area (Å²) >= 11 is 0. The van der Waals surface area contributed by atoms with Crippen LogP contribution in [-0.4, -0.2) is 30.9 Å².